The molecule has 34 heavy (non-hydrogen) atoms. The lowest BCUT2D eigenvalue weighted by molar-refractivity contribution is -0.159. The molecule has 2 aromatic carbocycles. The predicted octanol–water partition coefficient (Wildman–Crippen LogP) is 2.48. The summed E-state index contributed by atoms with van der Waals surface area (Å²) in [7, 11) is 4.87. The van der Waals surface area contributed by atoms with Gasteiger partial charge in [0.25, 0.3) is 5.91 Å². The third kappa shape index (κ3) is 7.26. The molecule has 1 saturated heterocycles. The molecule has 0 bridgehead atoms. The van der Waals surface area contributed by atoms with E-state index in [2.05, 4.69) is 4.90 Å². The minimum absolute atomic E-state index is 0.0193. The van der Waals surface area contributed by atoms with Gasteiger partial charge in [0.15, 0.2) is 11.5 Å². The number of carbonyl (C=O) groups excluding carboxylic acids is 1. The molecule has 1 aliphatic rings. The molecule has 0 spiro atoms. The van der Waals surface area contributed by atoms with E-state index in [4.69, 9.17) is 45.6 Å². The van der Waals surface area contributed by atoms with Gasteiger partial charge in [0.2, 0.25) is 0 Å². The molecule has 2 N–H and O–H groups in total. The molecule has 3 rings (SSSR count). The third-order valence-electron chi connectivity index (χ3n) is 5.09. The SMILES string of the molecule is COc1cc(OC)c(OC)cc1CN1CCN(C(=O)c2cccc(Cl)c2)CC1.O=C(O)C(=O)O. The van der Waals surface area contributed by atoms with Crippen LogP contribution >= 0.6 is 11.6 Å². The summed E-state index contributed by atoms with van der Waals surface area (Å²) in [5.74, 6) is -1.56. The largest absolute Gasteiger partial charge is 0.496 e. The van der Waals surface area contributed by atoms with Crippen LogP contribution in [0.5, 0.6) is 17.2 Å². The second-order valence-electron chi connectivity index (χ2n) is 7.21. The predicted molar refractivity (Wildman–Crippen MR) is 124 cm³/mol. The monoisotopic (exact) mass is 494 g/mol. The summed E-state index contributed by atoms with van der Waals surface area (Å²) in [6.07, 6.45) is 0. The van der Waals surface area contributed by atoms with Crippen LogP contribution in [-0.2, 0) is 16.1 Å². The molecule has 0 radical (unpaired) electrons. The van der Waals surface area contributed by atoms with E-state index in [1.54, 1.807) is 45.6 Å². The van der Waals surface area contributed by atoms with Crippen molar-refractivity contribution in [3.63, 3.8) is 0 Å². The first kappa shape index (κ1) is 26.7. The van der Waals surface area contributed by atoms with Crippen LogP contribution in [0.2, 0.25) is 5.02 Å². The molecule has 10 nitrogen and oxygen atoms in total. The molecule has 0 unspecified atom stereocenters. The van der Waals surface area contributed by atoms with E-state index >= 15 is 0 Å². The zero-order valence-electron chi connectivity index (χ0n) is 19.1. The van der Waals surface area contributed by atoms with Crippen molar-refractivity contribution >= 4 is 29.4 Å². The molecular weight excluding hydrogens is 468 g/mol. The number of amides is 1. The van der Waals surface area contributed by atoms with Gasteiger partial charge in [-0.1, -0.05) is 17.7 Å². The number of benzene rings is 2. The summed E-state index contributed by atoms with van der Waals surface area (Å²) in [6.45, 7) is 3.61. The second kappa shape index (κ2) is 12.7. The Kier molecular flexibility index (Phi) is 9.96. The molecular formula is C23H27ClN2O8. The summed E-state index contributed by atoms with van der Waals surface area (Å²) in [5, 5.41) is 15.4. The van der Waals surface area contributed by atoms with Gasteiger partial charge < -0.3 is 29.3 Å². The Balaban J connectivity index is 0.000000604. The molecule has 11 heteroatoms. The fraction of sp³-hybridized carbons (Fsp3) is 0.348. The molecule has 1 aliphatic heterocycles. The van der Waals surface area contributed by atoms with E-state index in [1.165, 1.54) is 0 Å². The number of hydrogen-bond donors (Lipinski definition) is 2. The average Bonchev–Trinajstić information content (AvgIpc) is 2.84. The fourth-order valence-electron chi connectivity index (χ4n) is 3.37. The Morgan fingerprint density at radius 3 is 1.91 bits per heavy atom. The molecule has 0 saturated carbocycles. The lowest BCUT2D eigenvalue weighted by Gasteiger charge is -2.35. The minimum atomic E-state index is -1.82. The quantitative estimate of drug-likeness (QED) is 0.582. The summed E-state index contributed by atoms with van der Waals surface area (Å²) >= 11 is 6.01. The van der Waals surface area contributed by atoms with Crippen molar-refractivity contribution in [2.45, 2.75) is 6.54 Å². The first-order valence-electron chi connectivity index (χ1n) is 10.2. The van der Waals surface area contributed by atoms with Crippen LogP contribution in [0, 0.1) is 0 Å². The molecule has 1 heterocycles. The first-order valence-corrected chi connectivity index (χ1v) is 10.6. The molecule has 1 amide bonds. The number of nitrogens with zero attached hydrogens (tertiary/aromatic N) is 2. The maximum absolute atomic E-state index is 12.7. The van der Waals surface area contributed by atoms with Gasteiger partial charge in [-0.25, -0.2) is 9.59 Å². The number of rotatable bonds is 6. The number of carboxylic acids is 2. The molecule has 0 atom stereocenters. The van der Waals surface area contributed by atoms with Crippen molar-refractivity contribution in [3.05, 3.63) is 52.5 Å². The Labute approximate surface area is 202 Å². The number of methoxy groups -OCH3 is 3. The highest BCUT2D eigenvalue weighted by atomic mass is 35.5. The number of carboxylic acid groups (broad SMARTS) is 2. The highest BCUT2D eigenvalue weighted by Gasteiger charge is 2.23. The van der Waals surface area contributed by atoms with Crippen molar-refractivity contribution in [3.8, 4) is 17.2 Å². The molecule has 0 aliphatic carbocycles. The molecule has 2 aromatic rings. The van der Waals surface area contributed by atoms with E-state index in [1.807, 2.05) is 17.0 Å². The summed E-state index contributed by atoms with van der Waals surface area (Å²) in [4.78, 5) is 35.0. The lowest BCUT2D eigenvalue weighted by Crippen LogP contribution is -2.48. The Morgan fingerprint density at radius 1 is 0.853 bits per heavy atom. The van der Waals surface area contributed by atoms with Gasteiger partial charge in [-0.2, -0.15) is 0 Å². The average molecular weight is 495 g/mol. The van der Waals surface area contributed by atoms with Gasteiger partial charge in [-0.15, -0.1) is 0 Å². The lowest BCUT2D eigenvalue weighted by atomic mass is 10.1. The highest BCUT2D eigenvalue weighted by Crippen LogP contribution is 2.35. The summed E-state index contributed by atoms with van der Waals surface area (Å²) < 4.78 is 16.3. The highest BCUT2D eigenvalue weighted by molar-refractivity contribution is 6.31. The number of aliphatic carboxylic acids is 2. The summed E-state index contributed by atoms with van der Waals surface area (Å²) in [5.41, 5.74) is 1.65. The molecule has 0 aromatic heterocycles. The van der Waals surface area contributed by atoms with E-state index in [0.717, 1.165) is 24.4 Å². The molecule has 184 valence electrons. The van der Waals surface area contributed by atoms with Crippen LogP contribution in [0.4, 0.5) is 0 Å². The summed E-state index contributed by atoms with van der Waals surface area (Å²) in [6, 6.07) is 10.9. The number of ether oxygens (including phenoxy) is 3. The number of halogens is 1. The van der Waals surface area contributed by atoms with Crippen molar-refractivity contribution in [2.75, 3.05) is 47.5 Å². The smallest absolute Gasteiger partial charge is 0.414 e. The van der Waals surface area contributed by atoms with Gasteiger partial charge in [0.05, 0.1) is 21.3 Å². The van der Waals surface area contributed by atoms with Crippen molar-refractivity contribution in [1.82, 2.24) is 9.80 Å². The normalized spacial score (nSPS) is 13.4. The number of piperazine rings is 1. The van der Waals surface area contributed by atoms with Crippen LogP contribution in [0.1, 0.15) is 15.9 Å². The van der Waals surface area contributed by atoms with Gasteiger partial charge in [0, 0.05) is 54.9 Å². The van der Waals surface area contributed by atoms with E-state index < -0.39 is 11.9 Å². The van der Waals surface area contributed by atoms with Gasteiger partial charge >= 0.3 is 11.9 Å². The van der Waals surface area contributed by atoms with Gasteiger partial charge in [-0.05, 0) is 24.3 Å². The van der Waals surface area contributed by atoms with Crippen LogP contribution in [0.3, 0.4) is 0 Å². The zero-order valence-corrected chi connectivity index (χ0v) is 19.9. The maximum atomic E-state index is 12.7. The zero-order chi connectivity index (χ0) is 25.3. The van der Waals surface area contributed by atoms with E-state index in [-0.39, 0.29) is 5.91 Å². The number of carbonyl (C=O) groups is 3. The first-order chi connectivity index (χ1) is 16.2. The fourth-order valence-corrected chi connectivity index (χ4v) is 3.56. The Bertz CT molecular complexity index is 1010. The van der Waals surface area contributed by atoms with Crippen molar-refractivity contribution in [2.24, 2.45) is 0 Å². The van der Waals surface area contributed by atoms with Crippen LogP contribution in [-0.4, -0.2) is 85.4 Å². The standard InChI is InChI=1S/C21H25ClN2O4.C2H2O4/c1-26-18-13-20(28-3)19(27-2)12-16(18)14-23-7-9-24(10-8-23)21(25)15-5-4-6-17(22)11-15;3-1(4)2(5)6/h4-6,11-13H,7-10,14H2,1-3H3;(H,3,4)(H,5,6). The van der Waals surface area contributed by atoms with Crippen LogP contribution in [0.15, 0.2) is 36.4 Å². The third-order valence-corrected chi connectivity index (χ3v) is 5.33. The van der Waals surface area contributed by atoms with E-state index in [0.29, 0.717) is 41.7 Å². The Hall–Kier alpha value is -3.50. The topological polar surface area (TPSA) is 126 Å². The van der Waals surface area contributed by atoms with E-state index in [9.17, 15) is 4.79 Å². The van der Waals surface area contributed by atoms with Crippen molar-refractivity contribution < 1.29 is 38.8 Å². The van der Waals surface area contributed by atoms with Crippen LogP contribution < -0.4 is 14.2 Å². The minimum Gasteiger partial charge on any atom is -0.496 e. The Morgan fingerprint density at radius 2 is 1.41 bits per heavy atom. The maximum Gasteiger partial charge on any atom is 0.414 e. The number of hydrogen-bond acceptors (Lipinski definition) is 7. The second-order valence-corrected chi connectivity index (χ2v) is 7.64. The van der Waals surface area contributed by atoms with Crippen molar-refractivity contribution in [1.29, 1.82) is 0 Å². The van der Waals surface area contributed by atoms with Gasteiger partial charge in [0.1, 0.15) is 5.75 Å². The molecule has 1 fully saturated rings. The van der Waals surface area contributed by atoms with Gasteiger partial charge in [-0.3, -0.25) is 9.69 Å². The van der Waals surface area contributed by atoms with Crippen LogP contribution in [0.25, 0.3) is 0 Å².